The molecule has 21 heavy (non-hydrogen) atoms. The van der Waals surface area contributed by atoms with E-state index in [1.165, 1.54) is 32.1 Å². The van der Waals surface area contributed by atoms with Gasteiger partial charge in [-0.1, -0.05) is 13.8 Å². The quantitative estimate of drug-likeness (QED) is 0.733. The van der Waals surface area contributed by atoms with E-state index >= 15 is 0 Å². The summed E-state index contributed by atoms with van der Waals surface area (Å²) in [4.78, 5) is 12.1. The van der Waals surface area contributed by atoms with Gasteiger partial charge in [-0.2, -0.15) is 0 Å². The highest BCUT2D eigenvalue weighted by Crippen LogP contribution is 2.65. The molecule has 4 fully saturated rings. The number of fused-ring (bicyclic) bond motifs is 5. The fraction of sp³-hybridized carbons (Fsp3) is 0.947. The third-order valence-electron chi connectivity index (χ3n) is 8.20. The summed E-state index contributed by atoms with van der Waals surface area (Å²) in [5, 5.41) is 10.0. The van der Waals surface area contributed by atoms with E-state index in [1.807, 2.05) is 0 Å². The van der Waals surface area contributed by atoms with Crippen molar-refractivity contribution in [2.75, 3.05) is 0 Å². The molecule has 2 heteroatoms. The molecule has 0 saturated heterocycles. The molecule has 0 bridgehead atoms. The Hall–Kier alpha value is -0.370. The van der Waals surface area contributed by atoms with Crippen LogP contribution in [0.15, 0.2) is 0 Å². The summed E-state index contributed by atoms with van der Waals surface area (Å²) < 4.78 is 0. The molecule has 4 rings (SSSR count). The Morgan fingerprint density at radius 3 is 2.67 bits per heavy atom. The number of Topliss-reactive ketones (excluding diaryl/α,β-unsaturated/α-hetero) is 1. The molecule has 7 atom stereocenters. The zero-order valence-electron chi connectivity index (χ0n) is 13.6. The minimum atomic E-state index is -0.0541. The molecule has 0 aliphatic heterocycles. The van der Waals surface area contributed by atoms with Gasteiger partial charge in [-0.15, -0.1) is 0 Å². The van der Waals surface area contributed by atoms with Gasteiger partial charge in [-0.25, -0.2) is 0 Å². The van der Waals surface area contributed by atoms with Crippen LogP contribution in [-0.2, 0) is 4.79 Å². The van der Waals surface area contributed by atoms with Crippen LogP contribution >= 0.6 is 0 Å². The number of rotatable bonds is 0. The highest BCUT2D eigenvalue weighted by atomic mass is 16.3. The summed E-state index contributed by atoms with van der Waals surface area (Å²) in [6.07, 6.45) is 10.1. The minimum absolute atomic E-state index is 0.0541. The molecule has 0 amide bonds. The first-order valence-corrected chi connectivity index (χ1v) is 9.12. The van der Waals surface area contributed by atoms with Gasteiger partial charge in [0.05, 0.1) is 6.10 Å². The van der Waals surface area contributed by atoms with Crippen molar-refractivity contribution in [2.45, 2.75) is 77.7 Å². The predicted molar refractivity (Wildman–Crippen MR) is 82.7 cm³/mol. The van der Waals surface area contributed by atoms with Crippen molar-refractivity contribution in [1.29, 1.82) is 0 Å². The van der Waals surface area contributed by atoms with Crippen LogP contribution in [0.4, 0.5) is 0 Å². The third-order valence-corrected chi connectivity index (χ3v) is 8.20. The van der Waals surface area contributed by atoms with E-state index < -0.39 is 0 Å². The maximum absolute atomic E-state index is 12.1. The summed E-state index contributed by atoms with van der Waals surface area (Å²) >= 11 is 0. The van der Waals surface area contributed by atoms with Crippen LogP contribution in [-0.4, -0.2) is 17.0 Å². The van der Waals surface area contributed by atoms with E-state index in [4.69, 9.17) is 0 Å². The molecule has 118 valence electrons. The summed E-state index contributed by atoms with van der Waals surface area (Å²) in [5.41, 5.74) is 0.755. The number of carbonyl (C=O) groups excluding carboxylic acids is 1. The fourth-order valence-corrected chi connectivity index (χ4v) is 7.01. The average molecular weight is 290 g/mol. The Morgan fingerprint density at radius 1 is 1.05 bits per heavy atom. The molecule has 4 aliphatic carbocycles. The van der Waals surface area contributed by atoms with E-state index in [1.54, 1.807) is 0 Å². The number of ketones is 1. The van der Waals surface area contributed by atoms with Gasteiger partial charge in [0.25, 0.3) is 0 Å². The van der Waals surface area contributed by atoms with Crippen molar-refractivity contribution in [3.63, 3.8) is 0 Å². The van der Waals surface area contributed by atoms with Crippen LogP contribution < -0.4 is 0 Å². The summed E-state index contributed by atoms with van der Waals surface area (Å²) in [5.74, 6) is 3.51. The first kappa shape index (κ1) is 14.2. The number of aliphatic hydroxyl groups is 1. The molecule has 2 nitrogen and oxygen atoms in total. The lowest BCUT2D eigenvalue weighted by Crippen LogP contribution is -2.53. The fourth-order valence-electron chi connectivity index (χ4n) is 7.01. The van der Waals surface area contributed by atoms with Crippen molar-refractivity contribution in [3.05, 3.63) is 0 Å². The van der Waals surface area contributed by atoms with E-state index in [0.29, 0.717) is 22.5 Å². The van der Waals surface area contributed by atoms with Crippen LogP contribution in [0.3, 0.4) is 0 Å². The second-order valence-corrected chi connectivity index (χ2v) is 9.20. The maximum atomic E-state index is 12.1. The maximum Gasteiger partial charge on any atom is 0.133 e. The van der Waals surface area contributed by atoms with Crippen molar-refractivity contribution in [3.8, 4) is 0 Å². The van der Waals surface area contributed by atoms with Gasteiger partial charge in [0.1, 0.15) is 5.78 Å². The first-order valence-electron chi connectivity index (χ1n) is 9.12. The molecular formula is C19H30O2. The Morgan fingerprint density at radius 2 is 1.86 bits per heavy atom. The molecule has 0 radical (unpaired) electrons. The predicted octanol–water partition coefficient (Wildman–Crippen LogP) is 3.96. The molecular weight excluding hydrogens is 260 g/mol. The Labute approximate surface area is 128 Å². The lowest BCUT2D eigenvalue weighted by atomic mass is 9.45. The number of hydrogen-bond donors (Lipinski definition) is 1. The topological polar surface area (TPSA) is 37.3 Å². The SMILES string of the molecule is C[C@]12CC[C@@H]3[C@H](CC[C@H]4C[C@H](O)CC[C@@]43C)[C@H]1CC(=O)C2. The van der Waals surface area contributed by atoms with Gasteiger partial charge in [0.15, 0.2) is 0 Å². The van der Waals surface area contributed by atoms with Gasteiger partial charge in [0, 0.05) is 12.8 Å². The van der Waals surface area contributed by atoms with Gasteiger partial charge in [0.2, 0.25) is 0 Å². The van der Waals surface area contributed by atoms with Crippen LogP contribution in [0.25, 0.3) is 0 Å². The monoisotopic (exact) mass is 290 g/mol. The van der Waals surface area contributed by atoms with Crippen LogP contribution in [0, 0.1) is 34.5 Å². The Bertz CT molecular complexity index is 458. The van der Waals surface area contributed by atoms with Crippen LogP contribution in [0.2, 0.25) is 0 Å². The minimum Gasteiger partial charge on any atom is -0.393 e. The molecule has 0 heterocycles. The highest BCUT2D eigenvalue weighted by Gasteiger charge is 2.59. The lowest BCUT2D eigenvalue weighted by molar-refractivity contribution is -0.121. The summed E-state index contributed by atoms with van der Waals surface area (Å²) in [6.45, 7) is 4.90. The van der Waals surface area contributed by atoms with Gasteiger partial charge >= 0.3 is 0 Å². The summed E-state index contributed by atoms with van der Waals surface area (Å²) in [7, 11) is 0. The zero-order valence-corrected chi connectivity index (χ0v) is 13.6. The van der Waals surface area contributed by atoms with Crippen LogP contribution in [0.5, 0.6) is 0 Å². The van der Waals surface area contributed by atoms with Gasteiger partial charge in [-0.05, 0) is 79.4 Å². The molecule has 0 aromatic carbocycles. The molecule has 4 aliphatic rings. The van der Waals surface area contributed by atoms with E-state index in [9.17, 15) is 9.90 Å². The second-order valence-electron chi connectivity index (χ2n) is 9.20. The molecule has 1 N–H and O–H groups in total. The standard InChI is InChI=1S/C19H30O2/c1-18-7-6-16-15(17(18)10-14(21)11-18)4-3-12-9-13(20)5-8-19(12,16)2/h12-13,15-17,20H,3-11H2,1-2H3/t12-,13+,15-,16+,17+,18+,19-/m0/s1. The second kappa shape index (κ2) is 4.57. The highest BCUT2D eigenvalue weighted by molar-refractivity contribution is 5.82. The normalized spacial score (nSPS) is 56.5. The van der Waals surface area contributed by atoms with Crippen molar-refractivity contribution >= 4 is 5.78 Å². The van der Waals surface area contributed by atoms with E-state index in [0.717, 1.165) is 43.4 Å². The zero-order chi connectivity index (χ0) is 14.8. The Balaban J connectivity index is 1.63. The smallest absolute Gasteiger partial charge is 0.133 e. The number of hydrogen-bond acceptors (Lipinski definition) is 2. The Kier molecular flexibility index (Phi) is 3.10. The van der Waals surface area contributed by atoms with Crippen LogP contribution in [0.1, 0.15) is 71.6 Å². The third kappa shape index (κ3) is 1.97. The molecule has 0 unspecified atom stereocenters. The largest absolute Gasteiger partial charge is 0.393 e. The van der Waals surface area contributed by atoms with E-state index in [-0.39, 0.29) is 6.10 Å². The first-order chi connectivity index (χ1) is 9.92. The van der Waals surface area contributed by atoms with Crippen molar-refractivity contribution in [2.24, 2.45) is 34.5 Å². The number of carbonyl (C=O) groups is 1. The van der Waals surface area contributed by atoms with Gasteiger partial charge < -0.3 is 5.11 Å². The average Bonchev–Trinajstić information content (AvgIpc) is 2.74. The van der Waals surface area contributed by atoms with E-state index in [2.05, 4.69) is 13.8 Å². The van der Waals surface area contributed by atoms with Crippen molar-refractivity contribution < 1.29 is 9.90 Å². The molecule has 4 saturated carbocycles. The lowest BCUT2D eigenvalue weighted by Gasteiger charge is -2.60. The van der Waals surface area contributed by atoms with Gasteiger partial charge in [-0.3, -0.25) is 4.79 Å². The number of aliphatic hydroxyl groups excluding tert-OH is 1. The molecule has 0 spiro atoms. The molecule has 0 aromatic rings. The van der Waals surface area contributed by atoms with Crippen molar-refractivity contribution in [1.82, 2.24) is 0 Å². The molecule has 0 aromatic heterocycles. The summed E-state index contributed by atoms with van der Waals surface area (Å²) in [6, 6.07) is 0.